The van der Waals surface area contributed by atoms with Crippen LogP contribution in [-0.2, 0) is 6.42 Å². The van der Waals surface area contributed by atoms with Crippen molar-refractivity contribution in [2.24, 2.45) is 0 Å². The van der Waals surface area contributed by atoms with Gasteiger partial charge in [0, 0.05) is 5.56 Å². The highest BCUT2D eigenvalue weighted by molar-refractivity contribution is 6.42. The molecule has 0 bridgehead atoms. The third kappa shape index (κ3) is 4.99. The van der Waals surface area contributed by atoms with Crippen LogP contribution in [-0.4, -0.2) is 23.6 Å². The predicted octanol–water partition coefficient (Wildman–Crippen LogP) is 5.62. The maximum Gasteiger partial charge on any atom is 0.137 e. The summed E-state index contributed by atoms with van der Waals surface area (Å²) >= 11 is 12.1. The summed E-state index contributed by atoms with van der Waals surface area (Å²) in [5.41, 5.74) is 4.37. The van der Waals surface area contributed by atoms with Gasteiger partial charge >= 0.3 is 0 Å². The van der Waals surface area contributed by atoms with Crippen molar-refractivity contribution < 1.29 is 0 Å². The van der Waals surface area contributed by atoms with Crippen molar-refractivity contribution in [2.45, 2.75) is 12.8 Å². The number of imidazole rings is 1. The monoisotopic (exact) mass is 395 g/mol. The van der Waals surface area contributed by atoms with Gasteiger partial charge in [0.05, 0.1) is 21.9 Å². The molecule has 2 N–H and O–H groups in total. The Morgan fingerprint density at radius 3 is 2.64 bits per heavy atom. The van der Waals surface area contributed by atoms with Crippen LogP contribution >= 0.6 is 35.6 Å². The number of hydrogen-bond donors (Lipinski definition) is 2. The molecule has 132 valence electrons. The molecular weight excluding hydrogens is 377 g/mol. The summed E-state index contributed by atoms with van der Waals surface area (Å²) in [5, 5.41) is 4.25. The summed E-state index contributed by atoms with van der Waals surface area (Å²) in [6.07, 6.45) is 4.03. The highest BCUT2D eigenvalue weighted by Gasteiger charge is 2.08. The Kier molecular flexibility index (Phi) is 7.33. The average Bonchev–Trinajstić information content (AvgIpc) is 3.08. The Morgan fingerprint density at radius 1 is 1.04 bits per heavy atom. The number of H-pyrrole nitrogens is 1. The molecule has 3 nitrogen and oxygen atoms in total. The van der Waals surface area contributed by atoms with Crippen LogP contribution in [0.1, 0.15) is 12.0 Å². The number of benzene rings is 2. The fraction of sp³-hybridized carbons (Fsp3) is 0.211. The van der Waals surface area contributed by atoms with Gasteiger partial charge in [-0.15, -0.1) is 12.4 Å². The van der Waals surface area contributed by atoms with Crippen molar-refractivity contribution in [1.29, 1.82) is 0 Å². The summed E-state index contributed by atoms with van der Waals surface area (Å²) in [6.45, 7) is 1.02. The third-order valence-corrected chi connectivity index (χ3v) is 4.64. The Balaban J connectivity index is 0.00000225. The predicted molar refractivity (Wildman–Crippen MR) is 109 cm³/mol. The summed E-state index contributed by atoms with van der Waals surface area (Å²) in [5.74, 6) is 0.782. The second-order valence-corrected chi connectivity index (χ2v) is 6.50. The van der Waals surface area contributed by atoms with Crippen LogP contribution in [0.4, 0.5) is 0 Å². The second kappa shape index (κ2) is 9.25. The van der Waals surface area contributed by atoms with Crippen LogP contribution in [0.25, 0.3) is 22.6 Å². The zero-order chi connectivity index (χ0) is 16.9. The van der Waals surface area contributed by atoms with Crippen LogP contribution in [0.15, 0.2) is 48.7 Å². The average molecular weight is 397 g/mol. The smallest absolute Gasteiger partial charge is 0.137 e. The fourth-order valence-corrected chi connectivity index (χ4v) is 2.92. The van der Waals surface area contributed by atoms with Crippen LogP contribution in [0.3, 0.4) is 0 Å². The lowest BCUT2D eigenvalue weighted by atomic mass is 10.0. The Hall–Kier alpha value is -1.52. The summed E-state index contributed by atoms with van der Waals surface area (Å²) < 4.78 is 0. The standard InChI is InChI=1S/C19H19Cl2N3.ClH/c1-22-9-3-5-13-4-2-6-14(10-13)18-12-23-19(24-18)15-7-8-16(20)17(21)11-15;/h2,4,6-8,10-12,22H,3,5,9H2,1H3,(H,23,24);1H. The Bertz CT molecular complexity index is 830. The van der Waals surface area contributed by atoms with Gasteiger partial charge in [0.15, 0.2) is 0 Å². The van der Waals surface area contributed by atoms with E-state index < -0.39 is 0 Å². The molecule has 0 aliphatic carbocycles. The van der Waals surface area contributed by atoms with Gasteiger partial charge in [-0.1, -0.05) is 41.4 Å². The maximum atomic E-state index is 6.09. The van der Waals surface area contributed by atoms with Crippen LogP contribution in [0.5, 0.6) is 0 Å². The van der Waals surface area contributed by atoms with Gasteiger partial charge in [0.1, 0.15) is 5.82 Å². The molecule has 1 aromatic heterocycles. The molecule has 0 saturated heterocycles. The molecule has 3 rings (SSSR count). The van der Waals surface area contributed by atoms with E-state index in [0.29, 0.717) is 10.0 Å². The first kappa shape index (κ1) is 19.8. The molecule has 3 aromatic rings. The van der Waals surface area contributed by atoms with Crippen LogP contribution < -0.4 is 5.32 Å². The van der Waals surface area contributed by atoms with Crippen molar-refractivity contribution in [3.05, 3.63) is 64.3 Å². The minimum absolute atomic E-state index is 0. The first-order valence-electron chi connectivity index (χ1n) is 7.91. The van der Waals surface area contributed by atoms with Crippen molar-refractivity contribution >= 4 is 35.6 Å². The number of aryl methyl sites for hydroxylation is 1. The van der Waals surface area contributed by atoms with Gasteiger partial charge < -0.3 is 10.3 Å². The van der Waals surface area contributed by atoms with Crippen molar-refractivity contribution in [2.75, 3.05) is 13.6 Å². The molecule has 0 aliphatic rings. The second-order valence-electron chi connectivity index (χ2n) is 5.68. The number of aromatic nitrogens is 2. The van der Waals surface area contributed by atoms with E-state index in [0.717, 1.165) is 42.0 Å². The van der Waals surface area contributed by atoms with Crippen molar-refractivity contribution in [3.63, 3.8) is 0 Å². The molecule has 6 heteroatoms. The number of rotatable bonds is 6. The number of nitrogens with one attached hydrogen (secondary N) is 2. The van der Waals surface area contributed by atoms with Gasteiger partial charge in [0.2, 0.25) is 0 Å². The molecular formula is C19H20Cl3N3. The lowest BCUT2D eigenvalue weighted by Gasteiger charge is -2.04. The SMILES string of the molecule is CNCCCc1cccc(-c2cnc(-c3ccc(Cl)c(Cl)c3)[nH]2)c1.Cl. The van der Waals surface area contributed by atoms with Gasteiger partial charge in [-0.3, -0.25) is 0 Å². The van der Waals surface area contributed by atoms with E-state index in [-0.39, 0.29) is 12.4 Å². The molecule has 0 aliphatic heterocycles. The summed E-state index contributed by atoms with van der Waals surface area (Å²) in [6, 6.07) is 14.1. The van der Waals surface area contributed by atoms with E-state index in [2.05, 4.69) is 39.6 Å². The molecule has 2 aromatic carbocycles. The minimum atomic E-state index is 0. The molecule has 0 saturated carbocycles. The zero-order valence-corrected chi connectivity index (χ0v) is 16.2. The molecule has 0 radical (unpaired) electrons. The minimum Gasteiger partial charge on any atom is -0.338 e. The number of nitrogens with zero attached hydrogens (tertiary/aromatic N) is 1. The van der Waals surface area contributed by atoms with Gasteiger partial charge in [-0.2, -0.15) is 0 Å². The molecule has 0 spiro atoms. The number of aromatic amines is 1. The van der Waals surface area contributed by atoms with Crippen molar-refractivity contribution in [1.82, 2.24) is 15.3 Å². The van der Waals surface area contributed by atoms with E-state index in [4.69, 9.17) is 23.2 Å². The van der Waals surface area contributed by atoms with E-state index >= 15 is 0 Å². The van der Waals surface area contributed by atoms with Gasteiger partial charge in [-0.25, -0.2) is 4.98 Å². The summed E-state index contributed by atoms with van der Waals surface area (Å²) in [4.78, 5) is 7.83. The topological polar surface area (TPSA) is 40.7 Å². The zero-order valence-electron chi connectivity index (χ0n) is 13.9. The molecule has 0 amide bonds. The first-order chi connectivity index (χ1) is 11.7. The van der Waals surface area contributed by atoms with Crippen LogP contribution in [0, 0.1) is 0 Å². The van der Waals surface area contributed by atoms with Crippen molar-refractivity contribution in [3.8, 4) is 22.6 Å². The molecule has 25 heavy (non-hydrogen) atoms. The molecule has 0 unspecified atom stereocenters. The Morgan fingerprint density at radius 2 is 1.88 bits per heavy atom. The largest absolute Gasteiger partial charge is 0.338 e. The summed E-state index contributed by atoms with van der Waals surface area (Å²) in [7, 11) is 1.98. The first-order valence-corrected chi connectivity index (χ1v) is 8.67. The normalized spacial score (nSPS) is 10.5. The quantitative estimate of drug-likeness (QED) is 0.530. The van der Waals surface area contributed by atoms with E-state index in [1.165, 1.54) is 5.56 Å². The molecule has 1 heterocycles. The number of hydrogen-bond acceptors (Lipinski definition) is 2. The highest BCUT2D eigenvalue weighted by atomic mass is 35.5. The van der Waals surface area contributed by atoms with Gasteiger partial charge in [0.25, 0.3) is 0 Å². The van der Waals surface area contributed by atoms with E-state index in [9.17, 15) is 0 Å². The third-order valence-electron chi connectivity index (χ3n) is 3.90. The Labute approximate surface area is 164 Å². The lowest BCUT2D eigenvalue weighted by molar-refractivity contribution is 0.725. The fourth-order valence-electron chi connectivity index (χ4n) is 2.62. The van der Waals surface area contributed by atoms with E-state index in [1.807, 2.05) is 25.4 Å². The highest BCUT2D eigenvalue weighted by Crippen LogP contribution is 2.28. The van der Waals surface area contributed by atoms with E-state index in [1.54, 1.807) is 6.07 Å². The molecule has 0 atom stereocenters. The van der Waals surface area contributed by atoms with Crippen LogP contribution in [0.2, 0.25) is 10.0 Å². The van der Waals surface area contributed by atoms with Gasteiger partial charge in [-0.05, 0) is 61.8 Å². The molecule has 0 fully saturated rings. The number of halogens is 3. The maximum absolute atomic E-state index is 6.09. The lowest BCUT2D eigenvalue weighted by Crippen LogP contribution is -2.08.